The van der Waals surface area contributed by atoms with Gasteiger partial charge in [-0.25, -0.2) is 8.78 Å². The lowest BCUT2D eigenvalue weighted by Crippen LogP contribution is -2.25. The summed E-state index contributed by atoms with van der Waals surface area (Å²) in [5.41, 5.74) is -0.0583. The van der Waals surface area contributed by atoms with Gasteiger partial charge in [0.2, 0.25) is 0 Å². The van der Waals surface area contributed by atoms with Crippen LogP contribution in [0.5, 0.6) is 0 Å². The van der Waals surface area contributed by atoms with Gasteiger partial charge >= 0.3 is 6.18 Å². The van der Waals surface area contributed by atoms with Gasteiger partial charge in [-0.2, -0.15) is 13.2 Å². The van der Waals surface area contributed by atoms with E-state index in [-0.39, 0.29) is 12.0 Å². The fourth-order valence-corrected chi connectivity index (χ4v) is 5.18. The molecule has 0 N–H and O–H groups in total. The predicted octanol–water partition coefficient (Wildman–Crippen LogP) is 8.20. The molecule has 0 spiro atoms. The van der Waals surface area contributed by atoms with Crippen LogP contribution in [-0.4, -0.2) is 6.18 Å². The second-order valence-corrected chi connectivity index (χ2v) is 8.59. The molecular formula is C24H29F5. The van der Waals surface area contributed by atoms with Gasteiger partial charge in [-0.15, -0.1) is 0 Å². The summed E-state index contributed by atoms with van der Waals surface area (Å²) < 4.78 is 65.4. The van der Waals surface area contributed by atoms with Crippen LogP contribution in [-0.2, 0) is 0 Å². The van der Waals surface area contributed by atoms with Crippen molar-refractivity contribution in [2.75, 3.05) is 0 Å². The highest BCUT2D eigenvalue weighted by Gasteiger charge is 2.31. The van der Waals surface area contributed by atoms with Gasteiger partial charge in [-0.05, 0) is 106 Å². The standard InChI is InChI=1S/C24H29F5/c1-2-3-16-4-6-17(7-5-16)18-8-10-19(11-9-18)20-14-22(25)21(23(26)15-20)12-13-24(27,28)29/h2-3,12-19H,4-11H2,1H3. The molecule has 0 aromatic heterocycles. The van der Waals surface area contributed by atoms with E-state index in [0.717, 1.165) is 31.6 Å². The van der Waals surface area contributed by atoms with E-state index in [1.165, 1.54) is 37.8 Å². The number of alkyl halides is 3. The van der Waals surface area contributed by atoms with Crippen LogP contribution in [0.2, 0.25) is 0 Å². The number of allylic oxidation sites excluding steroid dienone is 3. The number of benzene rings is 1. The zero-order valence-electron chi connectivity index (χ0n) is 16.8. The zero-order valence-corrected chi connectivity index (χ0v) is 16.8. The Hall–Kier alpha value is -1.65. The highest BCUT2D eigenvalue weighted by atomic mass is 19.4. The molecule has 3 rings (SSSR count). The Morgan fingerprint density at radius 3 is 1.83 bits per heavy atom. The van der Waals surface area contributed by atoms with E-state index in [4.69, 9.17) is 0 Å². The summed E-state index contributed by atoms with van der Waals surface area (Å²) in [7, 11) is 0. The minimum absolute atomic E-state index is 0.0789. The van der Waals surface area contributed by atoms with Crippen LogP contribution in [0.25, 0.3) is 6.08 Å². The molecule has 2 aliphatic carbocycles. The SMILES string of the molecule is CC=CC1CCC(C2CCC(c3cc(F)c(C=CC(F)(F)F)c(F)c3)CC2)CC1. The van der Waals surface area contributed by atoms with Gasteiger partial charge < -0.3 is 0 Å². The molecule has 0 saturated heterocycles. The molecule has 1 aromatic carbocycles. The third-order valence-electron chi connectivity index (χ3n) is 6.73. The number of hydrogen-bond donors (Lipinski definition) is 0. The summed E-state index contributed by atoms with van der Waals surface area (Å²) in [4.78, 5) is 0. The van der Waals surface area contributed by atoms with E-state index in [1.54, 1.807) is 0 Å². The van der Waals surface area contributed by atoms with E-state index < -0.39 is 23.4 Å². The van der Waals surface area contributed by atoms with E-state index in [2.05, 4.69) is 19.1 Å². The Balaban J connectivity index is 1.59. The van der Waals surface area contributed by atoms with Crippen LogP contribution < -0.4 is 0 Å². The zero-order chi connectivity index (χ0) is 21.0. The number of halogens is 5. The molecular weight excluding hydrogens is 383 g/mol. The molecule has 0 amide bonds. The first-order chi connectivity index (χ1) is 13.8. The molecule has 1 aromatic rings. The van der Waals surface area contributed by atoms with E-state index in [0.29, 0.717) is 23.5 Å². The first-order valence-electron chi connectivity index (χ1n) is 10.6. The predicted molar refractivity (Wildman–Crippen MR) is 106 cm³/mol. The van der Waals surface area contributed by atoms with Crippen molar-refractivity contribution in [1.29, 1.82) is 0 Å². The first kappa shape index (κ1) is 22.0. The fraction of sp³-hybridized carbons (Fsp3) is 0.583. The smallest absolute Gasteiger partial charge is 0.206 e. The number of hydrogen-bond acceptors (Lipinski definition) is 0. The van der Waals surface area contributed by atoms with Crippen molar-refractivity contribution in [2.24, 2.45) is 17.8 Å². The summed E-state index contributed by atoms with van der Waals surface area (Å²) in [5.74, 6) is 0.371. The molecule has 2 aliphatic rings. The van der Waals surface area contributed by atoms with Gasteiger partial charge in [0.25, 0.3) is 0 Å². The lowest BCUT2D eigenvalue weighted by molar-refractivity contribution is -0.0790. The van der Waals surface area contributed by atoms with Crippen LogP contribution in [0, 0.1) is 29.4 Å². The van der Waals surface area contributed by atoms with Crippen molar-refractivity contribution in [1.82, 2.24) is 0 Å². The molecule has 2 saturated carbocycles. The summed E-state index contributed by atoms with van der Waals surface area (Å²) in [6.45, 7) is 2.07. The molecule has 2 fully saturated rings. The van der Waals surface area contributed by atoms with Crippen LogP contribution in [0.1, 0.15) is 75.3 Å². The average molecular weight is 412 g/mol. The van der Waals surface area contributed by atoms with Crippen LogP contribution in [0.3, 0.4) is 0 Å². The fourth-order valence-electron chi connectivity index (χ4n) is 5.18. The third kappa shape index (κ3) is 5.93. The topological polar surface area (TPSA) is 0 Å². The first-order valence-corrected chi connectivity index (χ1v) is 10.6. The monoisotopic (exact) mass is 412 g/mol. The van der Waals surface area contributed by atoms with E-state index in [1.807, 2.05) is 0 Å². The van der Waals surface area contributed by atoms with E-state index in [9.17, 15) is 22.0 Å². The highest BCUT2D eigenvalue weighted by Crippen LogP contribution is 2.44. The second-order valence-electron chi connectivity index (χ2n) is 8.59. The van der Waals surface area contributed by atoms with E-state index >= 15 is 0 Å². The second kappa shape index (κ2) is 9.44. The molecule has 5 heteroatoms. The Kier molecular flexibility index (Phi) is 7.18. The minimum Gasteiger partial charge on any atom is -0.206 e. The van der Waals surface area contributed by atoms with Crippen LogP contribution in [0.15, 0.2) is 30.4 Å². The summed E-state index contributed by atoms with van der Waals surface area (Å²) in [6.07, 6.45) is 9.08. The summed E-state index contributed by atoms with van der Waals surface area (Å²) >= 11 is 0. The minimum atomic E-state index is -4.60. The maximum absolute atomic E-state index is 14.2. The maximum Gasteiger partial charge on any atom is 0.409 e. The van der Waals surface area contributed by atoms with Gasteiger partial charge in [-0.3, -0.25) is 0 Å². The third-order valence-corrected chi connectivity index (χ3v) is 6.73. The molecule has 0 atom stereocenters. The van der Waals surface area contributed by atoms with Crippen molar-refractivity contribution in [3.63, 3.8) is 0 Å². The molecule has 0 nitrogen and oxygen atoms in total. The normalized spacial score (nSPS) is 29.0. The van der Waals surface area contributed by atoms with Crippen LogP contribution >= 0.6 is 0 Å². The Morgan fingerprint density at radius 1 is 0.828 bits per heavy atom. The van der Waals surface area contributed by atoms with Crippen molar-refractivity contribution in [3.8, 4) is 0 Å². The number of rotatable bonds is 4. The average Bonchev–Trinajstić information content (AvgIpc) is 2.67. The Labute approximate surface area is 169 Å². The lowest BCUT2D eigenvalue weighted by atomic mass is 9.68. The maximum atomic E-state index is 14.2. The Bertz CT molecular complexity index is 707. The highest BCUT2D eigenvalue weighted by molar-refractivity contribution is 5.52. The largest absolute Gasteiger partial charge is 0.409 e. The molecule has 0 aliphatic heterocycles. The molecule has 0 radical (unpaired) electrons. The van der Waals surface area contributed by atoms with Gasteiger partial charge in [0.15, 0.2) is 0 Å². The van der Waals surface area contributed by atoms with Crippen molar-refractivity contribution in [3.05, 3.63) is 53.1 Å². The van der Waals surface area contributed by atoms with Gasteiger partial charge in [-0.1, -0.05) is 12.2 Å². The van der Waals surface area contributed by atoms with Gasteiger partial charge in [0.05, 0.1) is 0 Å². The van der Waals surface area contributed by atoms with Crippen molar-refractivity contribution >= 4 is 6.08 Å². The molecule has 0 bridgehead atoms. The molecule has 160 valence electrons. The quantitative estimate of drug-likeness (QED) is 0.345. The summed E-state index contributed by atoms with van der Waals surface area (Å²) in [5, 5.41) is 0. The van der Waals surface area contributed by atoms with Gasteiger partial charge in [0.1, 0.15) is 11.6 Å². The van der Waals surface area contributed by atoms with Crippen LogP contribution in [0.4, 0.5) is 22.0 Å². The molecule has 29 heavy (non-hydrogen) atoms. The van der Waals surface area contributed by atoms with Crippen molar-refractivity contribution < 1.29 is 22.0 Å². The lowest BCUT2D eigenvalue weighted by Gasteiger charge is -2.37. The Morgan fingerprint density at radius 2 is 1.34 bits per heavy atom. The summed E-state index contributed by atoms with van der Waals surface area (Å²) in [6, 6.07) is 2.43. The molecule has 0 heterocycles. The molecule has 0 unspecified atom stereocenters. The van der Waals surface area contributed by atoms with Crippen molar-refractivity contribution in [2.45, 2.75) is 70.4 Å². The van der Waals surface area contributed by atoms with Gasteiger partial charge in [0, 0.05) is 11.6 Å².